The molecule has 0 atom stereocenters. The largest absolute Gasteiger partial charge is 0.504 e. The summed E-state index contributed by atoms with van der Waals surface area (Å²) in [7, 11) is 0. The zero-order valence-electron chi connectivity index (χ0n) is 10.2. The fourth-order valence-electron chi connectivity index (χ4n) is 1.64. The van der Waals surface area contributed by atoms with Crippen LogP contribution in [0.3, 0.4) is 0 Å². The molecule has 0 aliphatic heterocycles. The van der Waals surface area contributed by atoms with Crippen molar-refractivity contribution in [1.82, 2.24) is 0 Å². The third-order valence-corrected chi connectivity index (χ3v) is 3.09. The van der Waals surface area contributed by atoms with Gasteiger partial charge in [0.1, 0.15) is 5.82 Å². The molecule has 0 aliphatic rings. The van der Waals surface area contributed by atoms with Gasteiger partial charge in [0, 0.05) is 5.02 Å². The molecule has 0 saturated carbocycles. The maximum Gasteiger partial charge on any atom is 0.228 e. The minimum absolute atomic E-state index is 0.0455. The Balaban J connectivity index is 2.10. The first-order valence-corrected chi connectivity index (χ1v) is 6.43. The lowest BCUT2D eigenvalue weighted by Crippen LogP contribution is -2.14. The number of rotatable bonds is 3. The summed E-state index contributed by atoms with van der Waals surface area (Å²) in [5.74, 6) is -0.984. The number of anilines is 1. The quantitative estimate of drug-likeness (QED) is 0.841. The van der Waals surface area contributed by atoms with E-state index in [1.54, 1.807) is 0 Å². The van der Waals surface area contributed by atoms with Crippen LogP contribution in [0, 0.1) is 5.82 Å². The Morgan fingerprint density at radius 2 is 1.85 bits per heavy atom. The second kappa shape index (κ2) is 6.11. The molecule has 0 saturated heterocycles. The van der Waals surface area contributed by atoms with Crippen molar-refractivity contribution in [2.24, 2.45) is 0 Å². The summed E-state index contributed by atoms with van der Waals surface area (Å²) >= 11 is 11.5. The summed E-state index contributed by atoms with van der Waals surface area (Å²) in [6.07, 6.45) is 0.0455. The second-order valence-electron chi connectivity index (χ2n) is 4.14. The molecule has 20 heavy (non-hydrogen) atoms. The van der Waals surface area contributed by atoms with E-state index < -0.39 is 0 Å². The summed E-state index contributed by atoms with van der Waals surface area (Å²) in [6, 6.07) is 8.34. The number of aromatic hydroxyl groups is 1. The van der Waals surface area contributed by atoms with Gasteiger partial charge in [-0.25, -0.2) is 4.39 Å². The van der Waals surface area contributed by atoms with Gasteiger partial charge in [0.2, 0.25) is 5.91 Å². The third-order valence-electron chi connectivity index (χ3n) is 2.58. The van der Waals surface area contributed by atoms with Crippen LogP contribution in [0.25, 0.3) is 0 Å². The second-order valence-corrected chi connectivity index (χ2v) is 4.98. The van der Waals surface area contributed by atoms with Crippen molar-refractivity contribution < 1.29 is 14.3 Å². The van der Waals surface area contributed by atoms with E-state index in [1.165, 1.54) is 36.4 Å². The van der Waals surface area contributed by atoms with Crippen molar-refractivity contribution in [3.05, 3.63) is 57.8 Å². The topological polar surface area (TPSA) is 49.3 Å². The highest BCUT2D eigenvalue weighted by Gasteiger charge is 2.11. The van der Waals surface area contributed by atoms with E-state index >= 15 is 0 Å². The normalized spacial score (nSPS) is 10.3. The molecular weight excluding hydrogens is 304 g/mol. The molecule has 6 heteroatoms. The SMILES string of the molecule is O=C(Cc1ccc(F)cc1)Nc1cc(Cl)cc(Cl)c1O. The van der Waals surface area contributed by atoms with Crippen LogP contribution in [0.1, 0.15) is 5.56 Å². The highest BCUT2D eigenvalue weighted by molar-refractivity contribution is 6.36. The Morgan fingerprint density at radius 3 is 2.50 bits per heavy atom. The van der Waals surface area contributed by atoms with Gasteiger partial charge in [0.05, 0.1) is 17.1 Å². The number of halogens is 3. The average molecular weight is 314 g/mol. The Bertz CT molecular complexity index is 644. The molecule has 0 heterocycles. The highest BCUT2D eigenvalue weighted by atomic mass is 35.5. The van der Waals surface area contributed by atoms with Crippen LogP contribution in [0.4, 0.5) is 10.1 Å². The van der Waals surface area contributed by atoms with Crippen molar-refractivity contribution in [3.8, 4) is 5.75 Å². The molecule has 0 aliphatic carbocycles. The molecule has 2 aromatic rings. The number of phenolic OH excluding ortho intramolecular Hbond substituents is 1. The van der Waals surface area contributed by atoms with Gasteiger partial charge in [-0.3, -0.25) is 4.79 Å². The molecule has 0 spiro atoms. The standard InChI is InChI=1S/C14H10Cl2FNO2/c15-9-6-11(16)14(20)12(7-9)18-13(19)5-8-1-3-10(17)4-2-8/h1-4,6-7,20H,5H2,(H,18,19). The monoisotopic (exact) mass is 313 g/mol. The molecule has 0 fully saturated rings. The summed E-state index contributed by atoms with van der Waals surface area (Å²) in [6.45, 7) is 0. The third kappa shape index (κ3) is 3.62. The zero-order valence-corrected chi connectivity index (χ0v) is 11.7. The van der Waals surface area contributed by atoms with Crippen LogP contribution in [0.5, 0.6) is 5.75 Å². The Kier molecular flexibility index (Phi) is 4.47. The van der Waals surface area contributed by atoms with Crippen molar-refractivity contribution in [2.75, 3.05) is 5.32 Å². The highest BCUT2D eigenvalue weighted by Crippen LogP contribution is 2.35. The molecule has 3 nitrogen and oxygen atoms in total. The average Bonchev–Trinajstić information content (AvgIpc) is 2.38. The predicted molar refractivity (Wildman–Crippen MR) is 76.9 cm³/mol. The fourth-order valence-corrected chi connectivity index (χ4v) is 2.14. The molecule has 2 aromatic carbocycles. The van der Waals surface area contributed by atoms with E-state index in [9.17, 15) is 14.3 Å². The fraction of sp³-hybridized carbons (Fsp3) is 0.0714. The number of benzene rings is 2. The number of amides is 1. The summed E-state index contributed by atoms with van der Waals surface area (Å²) < 4.78 is 12.7. The van der Waals surface area contributed by atoms with Crippen LogP contribution in [-0.4, -0.2) is 11.0 Å². The van der Waals surface area contributed by atoms with Crippen molar-refractivity contribution in [3.63, 3.8) is 0 Å². The maximum absolute atomic E-state index is 12.7. The Morgan fingerprint density at radius 1 is 1.20 bits per heavy atom. The number of hydrogen-bond acceptors (Lipinski definition) is 2. The van der Waals surface area contributed by atoms with Crippen molar-refractivity contribution in [2.45, 2.75) is 6.42 Å². The molecule has 0 aromatic heterocycles. The van der Waals surface area contributed by atoms with Crippen LogP contribution in [-0.2, 0) is 11.2 Å². The Hall–Kier alpha value is -1.78. The number of carbonyl (C=O) groups excluding carboxylic acids is 1. The van der Waals surface area contributed by atoms with Gasteiger partial charge in [-0.15, -0.1) is 0 Å². The van der Waals surface area contributed by atoms with Crippen LogP contribution in [0.2, 0.25) is 10.0 Å². The first-order chi connectivity index (χ1) is 9.45. The number of phenols is 1. The van der Waals surface area contributed by atoms with E-state index in [0.717, 1.165) is 0 Å². The predicted octanol–water partition coefficient (Wildman–Crippen LogP) is 4.02. The molecule has 2 rings (SSSR count). The molecule has 0 bridgehead atoms. The van der Waals surface area contributed by atoms with E-state index in [0.29, 0.717) is 10.6 Å². The van der Waals surface area contributed by atoms with E-state index in [1.807, 2.05) is 0 Å². The summed E-state index contributed by atoms with van der Waals surface area (Å²) in [4.78, 5) is 11.8. The Labute approximate surface area is 124 Å². The molecule has 0 radical (unpaired) electrons. The van der Waals surface area contributed by atoms with Gasteiger partial charge in [-0.2, -0.15) is 0 Å². The minimum Gasteiger partial charge on any atom is -0.504 e. The number of hydrogen-bond donors (Lipinski definition) is 2. The molecular formula is C14H10Cl2FNO2. The zero-order chi connectivity index (χ0) is 14.7. The first kappa shape index (κ1) is 14.6. The van der Waals surface area contributed by atoms with Gasteiger partial charge >= 0.3 is 0 Å². The van der Waals surface area contributed by atoms with Gasteiger partial charge in [-0.05, 0) is 29.8 Å². The van der Waals surface area contributed by atoms with Gasteiger partial charge in [0.15, 0.2) is 5.75 Å². The minimum atomic E-state index is -0.370. The van der Waals surface area contributed by atoms with Crippen molar-refractivity contribution in [1.29, 1.82) is 0 Å². The molecule has 2 N–H and O–H groups in total. The van der Waals surface area contributed by atoms with Crippen molar-refractivity contribution >= 4 is 34.8 Å². The number of carbonyl (C=O) groups is 1. The smallest absolute Gasteiger partial charge is 0.228 e. The lowest BCUT2D eigenvalue weighted by Gasteiger charge is -2.09. The van der Waals surface area contributed by atoms with E-state index in [-0.39, 0.29) is 34.6 Å². The van der Waals surface area contributed by atoms with Crippen LogP contribution in [0.15, 0.2) is 36.4 Å². The molecule has 0 unspecified atom stereocenters. The maximum atomic E-state index is 12.7. The summed E-state index contributed by atoms with van der Waals surface area (Å²) in [5, 5.41) is 12.6. The van der Waals surface area contributed by atoms with Gasteiger partial charge in [0.25, 0.3) is 0 Å². The first-order valence-electron chi connectivity index (χ1n) is 5.68. The number of nitrogens with one attached hydrogen (secondary N) is 1. The van der Waals surface area contributed by atoms with E-state index in [4.69, 9.17) is 23.2 Å². The van der Waals surface area contributed by atoms with E-state index in [2.05, 4.69) is 5.32 Å². The lowest BCUT2D eigenvalue weighted by molar-refractivity contribution is -0.115. The molecule has 1 amide bonds. The van der Waals surface area contributed by atoms with Gasteiger partial charge < -0.3 is 10.4 Å². The van der Waals surface area contributed by atoms with Crippen LogP contribution < -0.4 is 5.32 Å². The van der Waals surface area contributed by atoms with Gasteiger partial charge in [-0.1, -0.05) is 35.3 Å². The van der Waals surface area contributed by atoms with Crippen LogP contribution >= 0.6 is 23.2 Å². The summed E-state index contributed by atoms with van der Waals surface area (Å²) in [5.41, 5.74) is 0.783. The molecule has 104 valence electrons. The lowest BCUT2D eigenvalue weighted by atomic mass is 10.1.